The first-order valence-electron chi connectivity index (χ1n) is 7.18. The Morgan fingerprint density at radius 1 is 1.32 bits per heavy atom. The van der Waals surface area contributed by atoms with E-state index in [1.165, 1.54) is 12.6 Å². The molecule has 3 rings (SSSR count). The molecule has 1 saturated heterocycles. The highest BCUT2D eigenvalue weighted by atomic mass is 16.5. The van der Waals surface area contributed by atoms with Crippen LogP contribution < -0.4 is 5.32 Å². The topological polar surface area (TPSA) is 121 Å². The highest BCUT2D eigenvalue weighted by molar-refractivity contribution is 5.86. The summed E-state index contributed by atoms with van der Waals surface area (Å²) in [5, 5.41) is 31.5. The number of nitrogens with zero attached hydrogens (tertiary/aromatic N) is 2. The normalized spacial score (nSPS) is 28.4. The van der Waals surface area contributed by atoms with Gasteiger partial charge in [-0.1, -0.05) is 6.92 Å². The summed E-state index contributed by atoms with van der Waals surface area (Å²) in [5.41, 5.74) is 1.62. The summed E-state index contributed by atoms with van der Waals surface area (Å²) < 4.78 is 11.2. The maximum absolute atomic E-state index is 10.3. The van der Waals surface area contributed by atoms with E-state index in [0.717, 1.165) is 0 Å². The first kappa shape index (κ1) is 15.2. The number of hydrogen-bond donors (Lipinski definition) is 4. The molecule has 8 nitrogen and oxygen atoms in total. The first-order valence-corrected chi connectivity index (χ1v) is 7.18. The molecule has 0 amide bonds. The fourth-order valence-electron chi connectivity index (χ4n) is 2.73. The molecule has 8 heteroatoms. The molecule has 0 aromatic carbocycles. The predicted octanol–water partition coefficient (Wildman–Crippen LogP) is 0.0562. The van der Waals surface area contributed by atoms with Gasteiger partial charge in [0, 0.05) is 18.0 Å². The van der Waals surface area contributed by atoms with Crippen molar-refractivity contribution in [3.05, 3.63) is 18.2 Å². The van der Waals surface area contributed by atoms with E-state index in [0.29, 0.717) is 29.0 Å². The van der Waals surface area contributed by atoms with Gasteiger partial charge >= 0.3 is 0 Å². The highest BCUT2D eigenvalue weighted by Crippen LogP contribution is 2.40. The van der Waals surface area contributed by atoms with Crippen molar-refractivity contribution in [2.45, 2.75) is 25.2 Å². The molecule has 0 aliphatic carbocycles. The van der Waals surface area contributed by atoms with Crippen molar-refractivity contribution in [1.29, 1.82) is 0 Å². The van der Waals surface area contributed by atoms with E-state index in [1.807, 2.05) is 6.92 Å². The van der Waals surface area contributed by atoms with E-state index >= 15 is 0 Å². The molecule has 4 N–H and O–H groups in total. The Morgan fingerprint density at radius 2 is 2.14 bits per heavy atom. The summed E-state index contributed by atoms with van der Waals surface area (Å²) in [4.78, 5) is 8.28. The lowest BCUT2D eigenvalue weighted by atomic mass is 9.96. The summed E-state index contributed by atoms with van der Waals surface area (Å²) >= 11 is 0. The molecule has 120 valence electrons. The lowest BCUT2D eigenvalue weighted by Crippen LogP contribution is -2.23. The van der Waals surface area contributed by atoms with Crippen LogP contribution in [0.25, 0.3) is 11.1 Å². The molecule has 2 aromatic heterocycles. The van der Waals surface area contributed by atoms with E-state index in [1.54, 1.807) is 0 Å². The van der Waals surface area contributed by atoms with Gasteiger partial charge in [0.15, 0.2) is 11.4 Å². The summed E-state index contributed by atoms with van der Waals surface area (Å²) in [5.74, 6) is 0.290. The second-order valence-electron chi connectivity index (χ2n) is 5.37. The Labute approximate surface area is 126 Å². The minimum atomic E-state index is -0.748. The summed E-state index contributed by atoms with van der Waals surface area (Å²) in [6.45, 7) is 1.99. The zero-order valence-corrected chi connectivity index (χ0v) is 12.1. The molecule has 3 heterocycles. The third-order valence-corrected chi connectivity index (χ3v) is 4.03. The van der Waals surface area contributed by atoms with Gasteiger partial charge in [-0.05, 0) is 0 Å². The molecule has 0 saturated carbocycles. The Kier molecular flexibility index (Phi) is 4.25. The Hall–Kier alpha value is -1.74. The zero-order chi connectivity index (χ0) is 15.7. The average molecular weight is 309 g/mol. The summed E-state index contributed by atoms with van der Waals surface area (Å²) in [6.07, 6.45) is 1.11. The molecule has 1 aliphatic heterocycles. The van der Waals surface area contributed by atoms with Crippen molar-refractivity contribution < 1.29 is 24.5 Å². The molecule has 0 bridgehead atoms. The molecule has 2 aromatic rings. The van der Waals surface area contributed by atoms with E-state index in [2.05, 4.69) is 15.3 Å². The van der Waals surface area contributed by atoms with Gasteiger partial charge < -0.3 is 29.8 Å². The van der Waals surface area contributed by atoms with E-state index in [-0.39, 0.29) is 19.1 Å². The number of ether oxygens (including phenoxy) is 1. The van der Waals surface area contributed by atoms with Crippen LogP contribution in [0.15, 0.2) is 17.0 Å². The number of aromatic nitrogens is 2. The van der Waals surface area contributed by atoms with Crippen molar-refractivity contribution in [3.8, 4) is 0 Å². The number of hydrogen-bond acceptors (Lipinski definition) is 8. The number of aliphatic hydroxyl groups is 3. The van der Waals surface area contributed by atoms with Gasteiger partial charge in [0.05, 0.1) is 31.7 Å². The number of rotatable bonds is 5. The first-order chi connectivity index (χ1) is 10.7. The molecule has 4 atom stereocenters. The van der Waals surface area contributed by atoms with Crippen LogP contribution in [0.2, 0.25) is 0 Å². The zero-order valence-electron chi connectivity index (χ0n) is 12.1. The van der Waals surface area contributed by atoms with Crippen LogP contribution in [0.3, 0.4) is 0 Å². The molecule has 0 spiro atoms. The highest BCUT2D eigenvalue weighted by Gasteiger charge is 2.42. The molecule has 1 aliphatic rings. The maximum Gasteiger partial charge on any atom is 0.194 e. The SMILES string of the molecule is C[C@H]1[C@@H](O)[C@H](c2coc3c(NCCO)ncnc23)O[C@@H]1CO. The van der Waals surface area contributed by atoms with Gasteiger partial charge in [0.2, 0.25) is 0 Å². The van der Waals surface area contributed by atoms with Gasteiger partial charge in [0.25, 0.3) is 0 Å². The molecule has 0 unspecified atom stereocenters. The van der Waals surface area contributed by atoms with Crippen molar-refractivity contribution in [2.75, 3.05) is 25.1 Å². The van der Waals surface area contributed by atoms with Crippen LogP contribution in [0.4, 0.5) is 5.82 Å². The fraction of sp³-hybridized carbons (Fsp3) is 0.571. The minimum Gasteiger partial charge on any atom is -0.458 e. The van der Waals surface area contributed by atoms with Crippen LogP contribution in [0.1, 0.15) is 18.6 Å². The quantitative estimate of drug-likeness (QED) is 0.611. The average Bonchev–Trinajstić information content (AvgIpc) is 3.08. The fourth-order valence-corrected chi connectivity index (χ4v) is 2.73. The third kappa shape index (κ3) is 2.44. The predicted molar refractivity (Wildman–Crippen MR) is 77.3 cm³/mol. The van der Waals surface area contributed by atoms with Crippen LogP contribution in [-0.4, -0.2) is 57.3 Å². The van der Waals surface area contributed by atoms with Crippen LogP contribution >= 0.6 is 0 Å². The van der Waals surface area contributed by atoms with Gasteiger partial charge in [-0.3, -0.25) is 0 Å². The van der Waals surface area contributed by atoms with E-state index in [9.17, 15) is 10.2 Å². The summed E-state index contributed by atoms with van der Waals surface area (Å²) in [6, 6.07) is 0. The van der Waals surface area contributed by atoms with Crippen LogP contribution in [0.5, 0.6) is 0 Å². The maximum atomic E-state index is 10.3. The largest absolute Gasteiger partial charge is 0.458 e. The molecule has 22 heavy (non-hydrogen) atoms. The second-order valence-corrected chi connectivity index (χ2v) is 5.37. The number of aliphatic hydroxyl groups excluding tert-OH is 3. The van der Waals surface area contributed by atoms with Gasteiger partial charge in [0.1, 0.15) is 17.9 Å². The monoisotopic (exact) mass is 309 g/mol. The lowest BCUT2D eigenvalue weighted by Gasteiger charge is -2.13. The second kappa shape index (κ2) is 6.17. The van der Waals surface area contributed by atoms with Crippen LogP contribution in [0, 0.1) is 5.92 Å². The minimum absolute atomic E-state index is 0.0286. The Bertz CT molecular complexity index is 646. The van der Waals surface area contributed by atoms with Crippen LogP contribution in [-0.2, 0) is 4.74 Å². The van der Waals surface area contributed by atoms with Crippen molar-refractivity contribution >= 4 is 16.9 Å². The number of fused-ring (bicyclic) bond motifs is 1. The van der Waals surface area contributed by atoms with E-state index in [4.69, 9.17) is 14.3 Å². The van der Waals surface area contributed by atoms with E-state index < -0.39 is 18.3 Å². The van der Waals surface area contributed by atoms with Crippen molar-refractivity contribution in [3.63, 3.8) is 0 Å². The number of nitrogens with one attached hydrogen (secondary N) is 1. The van der Waals surface area contributed by atoms with Crippen molar-refractivity contribution in [2.24, 2.45) is 5.92 Å². The standard InChI is InChI=1S/C14H19N3O5/c1-7-9(4-19)22-12(11(7)20)8-5-21-13-10(8)16-6-17-14(13)15-2-3-18/h5-7,9,11-12,18-20H,2-4H2,1H3,(H,15,16,17)/t7-,9-,11-,12+/m1/s1. The molecule has 0 radical (unpaired) electrons. The Balaban J connectivity index is 1.95. The smallest absolute Gasteiger partial charge is 0.194 e. The number of furan rings is 1. The third-order valence-electron chi connectivity index (χ3n) is 4.03. The van der Waals surface area contributed by atoms with Gasteiger partial charge in [-0.15, -0.1) is 0 Å². The lowest BCUT2D eigenvalue weighted by molar-refractivity contribution is -0.0121. The van der Waals surface area contributed by atoms with Gasteiger partial charge in [-0.25, -0.2) is 9.97 Å². The van der Waals surface area contributed by atoms with Crippen molar-refractivity contribution in [1.82, 2.24) is 9.97 Å². The van der Waals surface area contributed by atoms with Gasteiger partial charge in [-0.2, -0.15) is 0 Å². The Morgan fingerprint density at radius 3 is 2.82 bits per heavy atom. The summed E-state index contributed by atoms with van der Waals surface area (Å²) in [7, 11) is 0. The molecule has 1 fully saturated rings. The molecular formula is C14H19N3O5. The number of anilines is 1. The molecular weight excluding hydrogens is 290 g/mol.